The van der Waals surface area contributed by atoms with Gasteiger partial charge in [-0.25, -0.2) is 14.8 Å². The van der Waals surface area contributed by atoms with E-state index in [0.29, 0.717) is 56.9 Å². The molecular formula is C41H44N8O4Si. The van der Waals surface area contributed by atoms with E-state index in [-0.39, 0.29) is 6.10 Å². The van der Waals surface area contributed by atoms with Gasteiger partial charge in [-0.3, -0.25) is 0 Å². The molecule has 12 nitrogen and oxygen atoms in total. The highest BCUT2D eigenvalue weighted by molar-refractivity contribution is 6.76. The van der Waals surface area contributed by atoms with Crippen molar-refractivity contribution in [1.82, 2.24) is 34.7 Å². The fourth-order valence-corrected chi connectivity index (χ4v) is 7.54. The van der Waals surface area contributed by atoms with Crippen molar-refractivity contribution in [2.75, 3.05) is 19.8 Å². The van der Waals surface area contributed by atoms with E-state index in [1.54, 1.807) is 4.68 Å². The van der Waals surface area contributed by atoms with Gasteiger partial charge in [0.25, 0.3) is 0 Å². The Morgan fingerprint density at radius 2 is 1.83 bits per heavy atom. The van der Waals surface area contributed by atoms with Crippen molar-refractivity contribution in [1.29, 1.82) is 0 Å². The minimum atomic E-state index is -1.21. The van der Waals surface area contributed by atoms with Gasteiger partial charge in [0.1, 0.15) is 24.9 Å². The fourth-order valence-electron chi connectivity index (χ4n) is 6.78. The highest BCUT2D eigenvalue weighted by Crippen LogP contribution is 2.33. The van der Waals surface area contributed by atoms with Crippen molar-refractivity contribution in [3.05, 3.63) is 107 Å². The third kappa shape index (κ3) is 8.06. The van der Waals surface area contributed by atoms with Gasteiger partial charge in [-0.1, -0.05) is 61.6 Å². The van der Waals surface area contributed by atoms with E-state index in [9.17, 15) is 0 Å². The summed E-state index contributed by atoms with van der Waals surface area (Å²) < 4.78 is 28.7. The van der Waals surface area contributed by atoms with E-state index in [1.165, 1.54) is 0 Å². The van der Waals surface area contributed by atoms with Crippen LogP contribution in [0.15, 0.2) is 72.8 Å². The maximum Gasteiger partial charge on any atom is 0.214 e. The van der Waals surface area contributed by atoms with Crippen molar-refractivity contribution in [2.24, 2.45) is 0 Å². The van der Waals surface area contributed by atoms with E-state index in [1.807, 2.05) is 48.5 Å². The van der Waals surface area contributed by atoms with Crippen LogP contribution < -0.4 is 9.47 Å². The molecule has 54 heavy (non-hydrogen) atoms. The number of hydrogen-bond acceptors (Lipinski definition) is 9. The van der Waals surface area contributed by atoms with Gasteiger partial charge in [0.05, 0.1) is 42.6 Å². The van der Waals surface area contributed by atoms with Crippen LogP contribution in [-0.4, -0.2) is 68.7 Å². The van der Waals surface area contributed by atoms with Gasteiger partial charge < -0.3 is 23.5 Å². The average Bonchev–Trinajstić information content (AvgIpc) is 3.76. The highest BCUT2D eigenvalue weighted by Gasteiger charge is 2.24. The number of aryl methyl sites for hydroxylation is 1. The number of fused-ring (bicyclic) bond motifs is 7. The zero-order valence-electron chi connectivity index (χ0n) is 31.0. The maximum atomic E-state index is 7.52. The molecule has 1 saturated heterocycles. The first-order valence-electron chi connectivity index (χ1n) is 18.6. The number of aromatic nitrogens is 7. The van der Waals surface area contributed by atoms with Crippen molar-refractivity contribution in [3.8, 4) is 34.3 Å². The fraction of sp³-hybridized carbons (Fsp3) is 0.366. The van der Waals surface area contributed by atoms with Gasteiger partial charge in [-0.05, 0) is 71.6 Å². The number of rotatable bonds is 10. The predicted octanol–water partition coefficient (Wildman–Crippen LogP) is 7.90. The van der Waals surface area contributed by atoms with Crippen LogP contribution in [0.4, 0.5) is 5.69 Å². The molecule has 0 spiro atoms. The largest absolute Gasteiger partial charge is 0.493 e. The summed E-state index contributed by atoms with van der Waals surface area (Å²) in [6, 6.07) is 25.2. The third-order valence-electron chi connectivity index (χ3n) is 9.98. The molecule has 5 heterocycles. The first-order valence-corrected chi connectivity index (χ1v) is 22.3. The first-order chi connectivity index (χ1) is 26.3. The molecule has 1 fully saturated rings. The third-order valence-corrected chi connectivity index (χ3v) is 11.7. The molecule has 0 saturated carbocycles. The summed E-state index contributed by atoms with van der Waals surface area (Å²) in [5, 5.41) is 12.6. The molecule has 2 aliphatic heterocycles. The molecule has 8 rings (SSSR count). The molecule has 3 aromatic carbocycles. The molecule has 0 unspecified atom stereocenters. The van der Waals surface area contributed by atoms with Gasteiger partial charge in [0.2, 0.25) is 5.88 Å². The lowest BCUT2D eigenvalue weighted by Crippen LogP contribution is -2.31. The number of hydrogen-bond donors (Lipinski definition) is 0. The van der Waals surface area contributed by atoms with Crippen LogP contribution in [0.3, 0.4) is 0 Å². The molecule has 13 heteroatoms. The van der Waals surface area contributed by atoms with Crippen LogP contribution in [0.5, 0.6) is 11.6 Å². The molecule has 0 amide bonds. The minimum absolute atomic E-state index is 0.123. The Labute approximate surface area is 315 Å². The van der Waals surface area contributed by atoms with Crippen LogP contribution in [0, 0.1) is 6.57 Å². The molecule has 0 aliphatic carbocycles. The van der Waals surface area contributed by atoms with E-state index in [2.05, 4.69) is 68.8 Å². The standard InChI is InChI=1S/C41H44N8O4Si/c1-42-33-14-12-32-26-53-40-9-5-8-35(44-40)29-10-11-30(38(23-29)52-17-6-7-28(32)21-33)24-39-43-36-15-13-31(22-37(36)48(39)25-34-16-18-51-34)41-45-46-47-49(41)27-50-19-20-54(2,3)4/h5,8-15,21-23,34H,6-7,16-20,24-27H2,2-4H3/t34-/m0/s1. The van der Waals surface area contributed by atoms with Gasteiger partial charge in [0, 0.05) is 50.5 Å². The minimum Gasteiger partial charge on any atom is -0.493 e. The second-order valence-corrected chi connectivity index (χ2v) is 20.8. The summed E-state index contributed by atoms with van der Waals surface area (Å²) in [4.78, 5) is 13.7. The Balaban J connectivity index is 1.10. The number of benzene rings is 3. The highest BCUT2D eigenvalue weighted by atomic mass is 28.3. The van der Waals surface area contributed by atoms with Crippen LogP contribution in [0.1, 0.15) is 35.4 Å². The molecule has 4 bridgehead atoms. The topological polar surface area (TPSA) is 116 Å². The monoisotopic (exact) mass is 740 g/mol. The van der Waals surface area contributed by atoms with Gasteiger partial charge in [-0.2, -0.15) is 4.68 Å². The quantitative estimate of drug-likeness (QED) is 0.0786. The van der Waals surface area contributed by atoms with E-state index < -0.39 is 8.07 Å². The Bertz CT molecular complexity index is 2320. The second kappa shape index (κ2) is 15.5. The number of tetrazole rings is 1. The van der Waals surface area contributed by atoms with Crippen LogP contribution in [-0.2, 0) is 42.2 Å². The second-order valence-electron chi connectivity index (χ2n) is 15.1. The van der Waals surface area contributed by atoms with Crippen molar-refractivity contribution >= 4 is 24.8 Å². The average molecular weight is 741 g/mol. The lowest BCUT2D eigenvalue weighted by Gasteiger charge is -2.27. The van der Waals surface area contributed by atoms with Gasteiger partial charge in [-0.15, -0.1) is 5.10 Å². The summed E-state index contributed by atoms with van der Waals surface area (Å²) in [7, 11) is -1.21. The Morgan fingerprint density at radius 3 is 2.67 bits per heavy atom. The van der Waals surface area contributed by atoms with Crippen molar-refractivity contribution in [2.45, 2.75) is 77.4 Å². The smallest absolute Gasteiger partial charge is 0.214 e. The number of pyridine rings is 1. The zero-order chi connectivity index (χ0) is 37.1. The predicted molar refractivity (Wildman–Crippen MR) is 208 cm³/mol. The Kier molecular flexibility index (Phi) is 10.2. The maximum absolute atomic E-state index is 7.52. The molecular weight excluding hydrogens is 697 g/mol. The normalized spacial score (nSPS) is 15.7. The van der Waals surface area contributed by atoms with E-state index in [4.69, 9.17) is 35.5 Å². The summed E-state index contributed by atoms with van der Waals surface area (Å²) in [5.41, 5.74) is 8.32. The molecule has 2 aliphatic rings. The Hall–Kier alpha value is -5.42. The number of nitrogens with zero attached hydrogens (tertiary/aromatic N) is 8. The number of imidazole rings is 1. The molecule has 3 aromatic heterocycles. The zero-order valence-corrected chi connectivity index (χ0v) is 32.0. The molecule has 0 N–H and O–H groups in total. The molecule has 6 aromatic rings. The number of ether oxygens (including phenoxy) is 4. The van der Waals surface area contributed by atoms with E-state index >= 15 is 0 Å². The summed E-state index contributed by atoms with van der Waals surface area (Å²) in [6.45, 7) is 17.9. The Morgan fingerprint density at radius 1 is 0.944 bits per heavy atom. The molecule has 0 radical (unpaired) electrons. The van der Waals surface area contributed by atoms with Gasteiger partial charge in [0.15, 0.2) is 11.5 Å². The molecule has 1 atom stereocenters. The van der Waals surface area contributed by atoms with Crippen molar-refractivity contribution in [3.63, 3.8) is 0 Å². The SMILES string of the molecule is [C-]#[N+]c1ccc2c(c1)CCCOc1cc(ccc1Cc1nc3ccc(-c4nnnn4COCC[Si](C)(C)C)cc3n1C[C@@H]1CCO1)-c1cccc(n1)OC2. The first kappa shape index (κ1) is 35.6. The van der Waals surface area contributed by atoms with Crippen LogP contribution in [0.2, 0.25) is 25.7 Å². The van der Waals surface area contributed by atoms with Crippen LogP contribution in [0.25, 0.3) is 38.5 Å². The van der Waals surface area contributed by atoms with Crippen LogP contribution >= 0.6 is 0 Å². The lowest BCUT2D eigenvalue weighted by atomic mass is 10.0. The lowest BCUT2D eigenvalue weighted by molar-refractivity contribution is -0.0589. The summed E-state index contributed by atoms with van der Waals surface area (Å²) in [5.74, 6) is 2.92. The van der Waals surface area contributed by atoms with Gasteiger partial charge >= 0.3 is 0 Å². The van der Waals surface area contributed by atoms with E-state index in [0.717, 1.165) is 88.0 Å². The van der Waals surface area contributed by atoms with Crippen molar-refractivity contribution < 1.29 is 18.9 Å². The summed E-state index contributed by atoms with van der Waals surface area (Å²) >= 11 is 0. The summed E-state index contributed by atoms with van der Waals surface area (Å²) in [6.07, 6.45) is 3.23. The molecule has 276 valence electrons.